The Morgan fingerprint density at radius 3 is 2.40 bits per heavy atom. The standard InChI is InChI=1S/C40H50N2O6/c1-39(2)20-33-21-40(3,25-39)26-42(33)23-34-19-35(29-15-13-27(24-43)14-16-29)48-38(47-34)32-10-5-9-31(18-32)30-8-4-7-28(17-30)22-41-36(44)11-6-12-37(45)46/h4-5,7-10,13-18,33-35,38,43H,6,11-12,19-26H2,1-3H3,(H,41,44)(H,45,46)/t33?,34-,35+,38+,40?/m0/s1. The van der Waals surface area contributed by atoms with E-state index in [0.29, 0.717) is 29.8 Å². The first kappa shape index (κ1) is 34.3. The van der Waals surface area contributed by atoms with Crippen molar-refractivity contribution >= 4 is 11.9 Å². The van der Waals surface area contributed by atoms with Crippen LogP contribution in [0.3, 0.4) is 0 Å². The van der Waals surface area contributed by atoms with Gasteiger partial charge in [0.05, 0.1) is 18.8 Å². The number of hydrogen-bond acceptors (Lipinski definition) is 6. The number of carboxylic acids is 1. The van der Waals surface area contributed by atoms with Crippen LogP contribution in [-0.2, 0) is 32.2 Å². The van der Waals surface area contributed by atoms with Gasteiger partial charge in [-0.1, -0.05) is 81.4 Å². The van der Waals surface area contributed by atoms with Gasteiger partial charge >= 0.3 is 5.97 Å². The molecule has 3 N–H and O–H groups in total. The molecule has 2 saturated heterocycles. The Morgan fingerprint density at radius 2 is 1.65 bits per heavy atom. The Balaban J connectivity index is 1.19. The first-order chi connectivity index (χ1) is 23.0. The smallest absolute Gasteiger partial charge is 0.303 e. The fourth-order valence-electron chi connectivity index (χ4n) is 8.50. The quantitative estimate of drug-likeness (QED) is 0.190. The second kappa shape index (κ2) is 14.5. The van der Waals surface area contributed by atoms with E-state index >= 15 is 0 Å². The van der Waals surface area contributed by atoms with E-state index in [1.807, 2.05) is 30.3 Å². The summed E-state index contributed by atoms with van der Waals surface area (Å²) in [6, 6.07) is 25.0. The Morgan fingerprint density at radius 1 is 0.896 bits per heavy atom. The summed E-state index contributed by atoms with van der Waals surface area (Å²) < 4.78 is 13.5. The lowest BCUT2D eigenvalue weighted by molar-refractivity contribution is -0.253. The normalized spacial score (nSPS) is 26.7. The van der Waals surface area contributed by atoms with Crippen LogP contribution in [0.2, 0.25) is 0 Å². The number of nitrogens with one attached hydrogen (secondary N) is 1. The van der Waals surface area contributed by atoms with Gasteiger partial charge in [-0.2, -0.15) is 0 Å². The molecule has 1 aliphatic carbocycles. The first-order valence-corrected chi connectivity index (χ1v) is 17.4. The zero-order valence-electron chi connectivity index (χ0n) is 28.5. The van der Waals surface area contributed by atoms with Crippen LogP contribution in [-0.4, -0.2) is 52.2 Å². The molecule has 0 radical (unpaired) electrons. The molecule has 3 aromatic rings. The van der Waals surface area contributed by atoms with Gasteiger partial charge in [0.25, 0.3) is 0 Å². The van der Waals surface area contributed by atoms with Gasteiger partial charge in [0.1, 0.15) is 0 Å². The number of likely N-dealkylation sites (tertiary alicyclic amines) is 1. The van der Waals surface area contributed by atoms with Gasteiger partial charge in [-0.05, 0) is 76.5 Å². The monoisotopic (exact) mass is 654 g/mol. The van der Waals surface area contributed by atoms with Crippen LogP contribution in [0.5, 0.6) is 0 Å². The van der Waals surface area contributed by atoms with Crippen LogP contribution in [0.4, 0.5) is 0 Å². The third kappa shape index (κ3) is 8.53. The topological polar surface area (TPSA) is 108 Å². The molecule has 6 rings (SSSR count). The maximum Gasteiger partial charge on any atom is 0.303 e. The Bertz CT molecular complexity index is 1590. The number of benzene rings is 3. The van der Waals surface area contributed by atoms with Crippen LogP contribution in [0, 0.1) is 10.8 Å². The lowest BCUT2D eigenvalue weighted by atomic mass is 9.65. The van der Waals surface area contributed by atoms with Gasteiger partial charge < -0.3 is 25.0 Å². The molecule has 8 heteroatoms. The molecule has 1 amide bonds. The van der Waals surface area contributed by atoms with Crippen LogP contribution in [0.1, 0.15) is 100 Å². The van der Waals surface area contributed by atoms with Gasteiger partial charge in [0.2, 0.25) is 5.91 Å². The van der Waals surface area contributed by atoms with Gasteiger partial charge in [0, 0.05) is 50.5 Å². The van der Waals surface area contributed by atoms with Gasteiger partial charge in [-0.25, -0.2) is 0 Å². The number of nitrogens with zero attached hydrogens (tertiary/aromatic N) is 1. The molecule has 8 nitrogen and oxygen atoms in total. The molecule has 2 unspecified atom stereocenters. The summed E-state index contributed by atoms with van der Waals surface area (Å²) in [7, 11) is 0. The van der Waals surface area contributed by atoms with Crippen molar-refractivity contribution in [1.82, 2.24) is 10.2 Å². The SMILES string of the molecule is CC1(C)CC2CC(C)(CN2C[C@@H]2C[C@H](c3ccc(CO)cc3)O[C@H](c3cccc(-c4cccc(CNC(=O)CCCC(=O)O)c4)c3)O2)C1. The number of carbonyl (C=O) groups excluding carboxylic acids is 1. The highest BCUT2D eigenvalue weighted by molar-refractivity contribution is 5.76. The van der Waals surface area contributed by atoms with Crippen molar-refractivity contribution in [3.05, 3.63) is 95.1 Å². The second-order valence-electron chi connectivity index (χ2n) is 15.3. The number of ether oxygens (including phenoxy) is 2. The molecule has 3 fully saturated rings. The minimum absolute atomic E-state index is 0.00317. The second-order valence-corrected chi connectivity index (χ2v) is 15.3. The predicted molar refractivity (Wildman–Crippen MR) is 185 cm³/mol. The lowest BCUT2D eigenvalue weighted by Crippen LogP contribution is -2.42. The van der Waals surface area contributed by atoms with E-state index in [0.717, 1.165) is 52.9 Å². The summed E-state index contributed by atoms with van der Waals surface area (Å²) in [6.45, 7) is 9.66. The van der Waals surface area contributed by atoms with Crippen molar-refractivity contribution in [3.8, 4) is 11.1 Å². The van der Waals surface area contributed by atoms with E-state index in [-0.39, 0.29) is 37.6 Å². The van der Waals surface area contributed by atoms with Crippen molar-refractivity contribution in [3.63, 3.8) is 0 Å². The highest BCUT2D eigenvalue weighted by Crippen LogP contribution is 2.53. The summed E-state index contributed by atoms with van der Waals surface area (Å²) in [5.41, 5.74) is 6.66. The number of aliphatic carboxylic acids is 1. The maximum atomic E-state index is 12.2. The number of hydrogen-bond donors (Lipinski definition) is 3. The van der Waals surface area contributed by atoms with E-state index in [4.69, 9.17) is 14.6 Å². The van der Waals surface area contributed by atoms with Crippen molar-refractivity contribution in [1.29, 1.82) is 0 Å². The minimum atomic E-state index is -0.892. The molecule has 2 aliphatic heterocycles. The third-order valence-corrected chi connectivity index (χ3v) is 10.3. The van der Waals surface area contributed by atoms with Gasteiger partial charge in [-0.3, -0.25) is 14.5 Å². The third-order valence-electron chi connectivity index (χ3n) is 10.3. The highest BCUT2D eigenvalue weighted by Gasteiger charge is 2.50. The van der Waals surface area contributed by atoms with Gasteiger partial charge in [-0.15, -0.1) is 0 Å². The number of amides is 1. The number of fused-ring (bicyclic) bond motifs is 2. The van der Waals surface area contributed by atoms with Crippen LogP contribution >= 0.6 is 0 Å². The van der Waals surface area contributed by atoms with E-state index in [2.05, 4.69) is 73.5 Å². The van der Waals surface area contributed by atoms with Crippen LogP contribution in [0.15, 0.2) is 72.8 Å². The average molecular weight is 655 g/mol. The highest BCUT2D eigenvalue weighted by atomic mass is 16.7. The molecule has 0 spiro atoms. The summed E-state index contributed by atoms with van der Waals surface area (Å²) in [5, 5.41) is 21.3. The molecule has 0 aromatic heterocycles. The largest absolute Gasteiger partial charge is 0.481 e. The molecule has 3 aromatic carbocycles. The molecular weight excluding hydrogens is 604 g/mol. The van der Waals surface area contributed by atoms with E-state index in [1.54, 1.807) is 0 Å². The van der Waals surface area contributed by atoms with Crippen molar-refractivity contribution in [2.45, 2.75) is 103 Å². The van der Waals surface area contributed by atoms with E-state index in [1.165, 1.54) is 19.3 Å². The summed E-state index contributed by atoms with van der Waals surface area (Å²) in [6.07, 6.45) is 4.34. The van der Waals surface area contributed by atoms with E-state index in [9.17, 15) is 14.7 Å². The molecule has 2 bridgehead atoms. The molecule has 48 heavy (non-hydrogen) atoms. The van der Waals surface area contributed by atoms with Crippen molar-refractivity contribution < 1.29 is 29.3 Å². The zero-order valence-corrected chi connectivity index (χ0v) is 28.5. The number of aliphatic hydroxyl groups is 1. The average Bonchev–Trinajstić information content (AvgIpc) is 3.30. The molecule has 1 saturated carbocycles. The predicted octanol–water partition coefficient (Wildman–Crippen LogP) is 7.16. The summed E-state index contributed by atoms with van der Waals surface area (Å²) in [5.74, 6) is -1.04. The van der Waals surface area contributed by atoms with Gasteiger partial charge in [0.15, 0.2) is 6.29 Å². The zero-order chi connectivity index (χ0) is 33.9. The maximum absolute atomic E-state index is 12.2. The lowest BCUT2D eigenvalue weighted by Gasteiger charge is -2.41. The van der Waals surface area contributed by atoms with Crippen molar-refractivity contribution in [2.75, 3.05) is 13.1 Å². The number of rotatable bonds is 12. The Kier molecular flexibility index (Phi) is 10.4. The van der Waals surface area contributed by atoms with E-state index < -0.39 is 12.3 Å². The summed E-state index contributed by atoms with van der Waals surface area (Å²) in [4.78, 5) is 25.7. The van der Waals surface area contributed by atoms with Crippen LogP contribution < -0.4 is 5.32 Å². The van der Waals surface area contributed by atoms with Crippen molar-refractivity contribution in [2.24, 2.45) is 10.8 Å². The first-order valence-electron chi connectivity index (χ1n) is 17.4. The van der Waals surface area contributed by atoms with Crippen LogP contribution in [0.25, 0.3) is 11.1 Å². The molecule has 2 heterocycles. The molecular formula is C40H50N2O6. The fraction of sp³-hybridized carbons (Fsp3) is 0.500. The fourth-order valence-corrected chi connectivity index (χ4v) is 8.50. The number of aliphatic hydroxyl groups excluding tert-OH is 1. The number of carbonyl (C=O) groups is 2. The molecule has 3 aliphatic rings. The Labute approximate surface area is 284 Å². The summed E-state index contributed by atoms with van der Waals surface area (Å²) >= 11 is 0. The molecule has 5 atom stereocenters. The minimum Gasteiger partial charge on any atom is -0.481 e. The number of carboxylic acid groups (broad SMARTS) is 1. The molecule has 256 valence electrons. The Hall–Kier alpha value is -3.56.